The van der Waals surface area contributed by atoms with Crippen LogP contribution >= 0.6 is 11.3 Å². The highest BCUT2D eigenvalue weighted by molar-refractivity contribution is 7.12. The molecule has 0 aliphatic carbocycles. The van der Waals surface area contributed by atoms with Gasteiger partial charge in [-0.1, -0.05) is 36.4 Å². The highest BCUT2D eigenvalue weighted by Gasteiger charge is 2.26. The highest BCUT2D eigenvalue weighted by atomic mass is 32.1. The summed E-state index contributed by atoms with van der Waals surface area (Å²) < 4.78 is 10.8. The first-order chi connectivity index (χ1) is 16.1. The summed E-state index contributed by atoms with van der Waals surface area (Å²) in [6.45, 7) is 1.66. The molecule has 1 aromatic heterocycles. The molecule has 0 fully saturated rings. The molecular formula is C26H28N2O4S. The topological polar surface area (TPSA) is 59.1 Å². The summed E-state index contributed by atoms with van der Waals surface area (Å²) in [5.41, 5.74) is 3.35. The van der Waals surface area contributed by atoms with Gasteiger partial charge >= 0.3 is 0 Å². The SMILES string of the molecule is COc1cc2c(cc1OC)CN(C(=O)CN(CCc1ccccc1)C(=O)c1cccs1)CC2. The van der Waals surface area contributed by atoms with Gasteiger partial charge in [-0.3, -0.25) is 9.59 Å². The minimum absolute atomic E-state index is 0.0478. The van der Waals surface area contributed by atoms with Crippen LogP contribution in [0, 0.1) is 0 Å². The van der Waals surface area contributed by atoms with Crippen LogP contribution in [0.1, 0.15) is 26.4 Å². The molecule has 4 rings (SSSR count). The highest BCUT2D eigenvalue weighted by Crippen LogP contribution is 2.33. The van der Waals surface area contributed by atoms with E-state index < -0.39 is 0 Å². The fourth-order valence-corrected chi connectivity index (χ4v) is 4.77. The van der Waals surface area contributed by atoms with Crippen LogP contribution in [0.15, 0.2) is 60.0 Å². The Morgan fingerprint density at radius 1 is 1.00 bits per heavy atom. The molecule has 0 N–H and O–H groups in total. The molecule has 7 heteroatoms. The van der Waals surface area contributed by atoms with Crippen molar-refractivity contribution in [3.05, 3.63) is 81.5 Å². The number of ether oxygens (including phenoxy) is 2. The summed E-state index contributed by atoms with van der Waals surface area (Å²) in [7, 11) is 3.23. The molecule has 2 amide bonds. The smallest absolute Gasteiger partial charge is 0.264 e. The summed E-state index contributed by atoms with van der Waals surface area (Å²) >= 11 is 1.40. The van der Waals surface area contributed by atoms with Gasteiger partial charge in [0.25, 0.3) is 5.91 Å². The maximum Gasteiger partial charge on any atom is 0.264 e. The second-order valence-electron chi connectivity index (χ2n) is 7.98. The molecule has 0 spiro atoms. The van der Waals surface area contributed by atoms with Crippen LogP contribution in [0.5, 0.6) is 11.5 Å². The van der Waals surface area contributed by atoms with Crippen LogP contribution in [0.4, 0.5) is 0 Å². The lowest BCUT2D eigenvalue weighted by Gasteiger charge is -2.32. The average molecular weight is 465 g/mol. The third-order valence-electron chi connectivity index (χ3n) is 5.93. The van der Waals surface area contributed by atoms with Crippen molar-refractivity contribution in [1.82, 2.24) is 9.80 Å². The van der Waals surface area contributed by atoms with Crippen molar-refractivity contribution < 1.29 is 19.1 Å². The predicted molar refractivity (Wildman–Crippen MR) is 129 cm³/mol. The molecule has 2 heterocycles. The Hall–Kier alpha value is -3.32. The zero-order valence-electron chi connectivity index (χ0n) is 19.0. The van der Waals surface area contributed by atoms with E-state index in [0.717, 1.165) is 23.1 Å². The number of hydrogen-bond acceptors (Lipinski definition) is 5. The Morgan fingerprint density at radius 2 is 1.73 bits per heavy atom. The van der Waals surface area contributed by atoms with Crippen LogP contribution in [0.2, 0.25) is 0 Å². The van der Waals surface area contributed by atoms with Gasteiger partial charge in [0.2, 0.25) is 5.91 Å². The average Bonchev–Trinajstić information content (AvgIpc) is 3.40. The van der Waals surface area contributed by atoms with Crippen LogP contribution in [0.3, 0.4) is 0 Å². The molecule has 1 aliphatic heterocycles. The first-order valence-electron chi connectivity index (χ1n) is 11.0. The molecule has 0 atom stereocenters. The van der Waals surface area contributed by atoms with Crippen molar-refractivity contribution >= 4 is 23.2 Å². The molecule has 0 unspecified atom stereocenters. The second-order valence-corrected chi connectivity index (χ2v) is 8.93. The summed E-state index contributed by atoms with van der Waals surface area (Å²) in [5, 5.41) is 1.88. The van der Waals surface area contributed by atoms with Gasteiger partial charge in [-0.25, -0.2) is 0 Å². The number of hydrogen-bond donors (Lipinski definition) is 0. The van der Waals surface area contributed by atoms with Gasteiger partial charge in [0, 0.05) is 19.6 Å². The number of fused-ring (bicyclic) bond motifs is 1. The van der Waals surface area contributed by atoms with Gasteiger partial charge in [0.05, 0.1) is 19.1 Å². The fraction of sp³-hybridized carbons (Fsp3) is 0.308. The molecule has 6 nitrogen and oxygen atoms in total. The van der Waals surface area contributed by atoms with Crippen molar-refractivity contribution in [3.8, 4) is 11.5 Å². The Balaban J connectivity index is 1.47. The van der Waals surface area contributed by atoms with E-state index in [9.17, 15) is 9.59 Å². The van der Waals surface area contributed by atoms with E-state index in [1.54, 1.807) is 19.1 Å². The number of benzene rings is 2. The fourth-order valence-electron chi connectivity index (χ4n) is 4.08. The first kappa shape index (κ1) is 22.9. The van der Waals surface area contributed by atoms with Crippen LogP contribution < -0.4 is 9.47 Å². The van der Waals surface area contributed by atoms with E-state index in [2.05, 4.69) is 0 Å². The lowest BCUT2D eigenvalue weighted by atomic mass is 9.98. The maximum atomic E-state index is 13.3. The molecule has 3 aromatic rings. The molecule has 172 valence electrons. The summed E-state index contributed by atoms with van der Waals surface area (Å²) in [6.07, 6.45) is 1.44. The van der Waals surface area contributed by atoms with Gasteiger partial charge in [-0.05, 0) is 53.1 Å². The molecule has 0 saturated heterocycles. The minimum atomic E-state index is -0.0990. The van der Waals surface area contributed by atoms with E-state index in [-0.39, 0.29) is 18.4 Å². The number of carbonyl (C=O) groups is 2. The standard InChI is InChI=1S/C26H28N2O4S/c1-31-22-15-20-11-13-27(17-21(20)16-23(22)32-2)25(29)18-28(26(30)24-9-6-14-33-24)12-10-19-7-4-3-5-8-19/h3-9,14-16H,10-13,17-18H2,1-2H3. The normalized spacial score (nSPS) is 12.7. The van der Waals surface area contributed by atoms with Crippen LogP contribution in [-0.4, -0.2) is 55.5 Å². The monoisotopic (exact) mass is 464 g/mol. The van der Waals surface area contributed by atoms with Gasteiger partial charge in [-0.2, -0.15) is 0 Å². The van der Waals surface area contributed by atoms with Crippen molar-refractivity contribution in [1.29, 1.82) is 0 Å². The van der Waals surface area contributed by atoms with Gasteiger partial charge < -0.3 is 19.3 Å². The quantitative estimate of drug-likeness (QED) is 0.505. The number of methoxy groups -OCH3 is 2. The first-order valence-corrected chi connectivity index (χ1v) is 11.8. The number of rotatable bonds is 8. The van der Waals surface area contributed by atoms with Gasteiger partial charge in [0.1, 0.15) is 6.54 Å². The maximum absolute atomic E-state index is 13.3. The molecule has 0 bridgehead atoms. The number of carbonyl (C=O) groups excluding carboxylic acids is 2. The third-order valence-corrected chi connectivity index (χ3v) is 6.79. The Morgan fingerprint density at radius 3 is 2.39 bits per heavy atom. The molecule has 0 saturated carbocycles. The number of amides is 2. The third kappa shape index (κ3) is 5.37. The zero-order chi connectivity index (χ0) is 23.2. The van der Waals surface area contributed by atoms with Crippen LogP contribution in [-0.2, 0) is 24.2 Å². The van der Waals surface area contributed by atoms with E-state index in [1.807, 2.05) is 64.9 Å². The summed E-state index contributed by atoms with van der Waals surface area (Å²) in [4.78, 5) is 30.5. The largest absolute Gasteiger partial charge is 0.493 e. The second kappa shape index (κ2) is 10.5. The number of nitrogens with zero attached hydrogens (tertiary/aromatic N) is 2. The molecule has 33 heavy (non-hydrogen) atoms. The van der Waals surface area contributed by atoms with Crippen molar-refractivity contribution in [2.45, 2.75) is 19.4 Å². The predicted octanol–water partition coefficient (Wildman–Crippen LogP) is 4.04. The molecule has 2 aromatic carbocycles. The Kier molecular flexibility index (Phi) is 7.29. The summed E-state index contributed by atoms with van der Waals surface area (Å²) in [6, 6.07) is 17.6. The van der Waals surface area contributed by atoms with Crippen molar-refractivity contribution in [3.63, 3.8) is 0 Å². The van der Waals surface area contributed by atoms with Crippen molar-refractivity contribution in [2.75, 3.05) is 33.9 Å². The lowest BCUT2D eigenvalue weighted by Crippen LogP contribution is -2.45. The minimum Gasteiger partial charge on any atom is -0.493 e. The Labute approximate surface area is 198 Å². The molecule has 1 aliphatic rings. The van der Waals surface area contributed by atoms with Gasteiger partial charge in [0.15, 0.2) is 11.5 Å². The molecular weight excluding hydrogens is 436 g/mol. The lowest BCUT2D eigenvalue weighted by molar-refractivity contribution is -0.132. The molecule has 0 radical (unpaired) electrons. The summed E-state index contributed by atoms with van der Waals surface area (Å²) in [5.74, 6) is 1.21. The zero-order valence-corrected chi connectivity index (χ0v) is 19.8. The van der Waals surface area contributed by atoms with E-state index in [0.29, 0.717) is 42.4 Å². The Bertz CT molecular complexity index is 1100. The number of thiophene rings is 1. The van der Waals surface area contributed by atoms with E-state index >= 15 is 0 Å². The van der Waals surface area contributed by atoms with E-state index in [1.165, 1.54) is 11.3 Å². The van der Waals surface area contributed by atoms with Crippen LogP contribution in [0.25, 0.3) is 0 Å². The van der Waals surface area contributed by atoms with Gasteiger partial charge in [-0.15, -0.1) is 11.3 Å². The van der Waals surface area contributed by atoms with Crippen molar-refractivity contribution in [2.24, 2.45) is 0 Å². The van der Waals surface area contributed by atoms with E-state index in [4.69, 9.17) is 9.47 Å².